The van der Waals surface area contributed by atoms with E-state index in [0.29, 0.717) is 18.3 Å². The molecule has 1 saturated carbocycles. The van der Waals surface area contributed by atoms with Gasteiger partial charge >= 0.3 is 0 Å². The van der Waals surface area contributed by atoms with Crippen LogP contribution in [-0.2, 0) is 0 Å². The van der Waals surface area contributed by atoms with Crippen molar-refractivity contribution in [3.8, 4) is 5.75 Å². The third-order valence-corrected chi connectivity index (χ3v) is 1.91. The van der Waals surface area contributed by atoms with Gasteiger partial charge in [-0.2, -0.15) is 0 Å². The van der Waals surface area contributed by atoms with Crippen LogP contribution in [-0.4, -0.2) is 23.7 Å². The Bertz CT molecular complexity index is 345. The highest BCUT2D eigenvalue weighted by Crippen LogP contribution is 2.26. The van der Waals surface area contributed by atoms with Crippen LogP contribution in [0.25, 0.3) is 0 Å². The van der Waals surface area contributed by atoms with Crippen LogP contribution in [0.4, 0.5) is 0 Å². The monoisotopic (exact) mass is 191 g/mol. The predicted molar refractivity (Wildman–Crippen MR) is 48.7 cm³/mol. The summed E-state index contributed by atoms with van der Waals surface area (Å²) in [6.07, 6.45) is 3.53. The molecule has 0 N–H and O–H groups in total. The fourth-order valence-electron chi connectivity index (χ4n) is 1.11. The molecule has 1 fully saturated rings. The molecule has 1 aliphatic rings. The van der Waals surface area contributed by atoms with Crippen LogP contribution in [0.2, 0.25) is 0 Å². The number of carbonyl (C=O) groups is 2. The molecule has 0 spiro atoms. The third-order valence-electron chi connectivity index (χ3n) is 1.91. The van der Waals surface area contributed by atoms with Gasteiger partial charge in [-0.3, -0.25) is 9.59 Å². The van der Waals surface area contributed by atoms with Crippen LogP contribution in [0.3, 0.4) is 0 Å². The van der Waals surface area contributed by atoms with E-state index in [1.807, 2.05) is 0 Å². The smallest absolute Gasteiger partial charge is 0.168 e. The number of aldehydes is 2. The Morgan fingerprint density at radius 1 is 1.21 bits per heavy atom. The molecule has 0 aromatic carbocycles. The Labute approximate surface area is 80.9 Å². The summed E-state index contributed by atoms with van der Waals surface area (Å²) in [5.41, 5.74) is 0.454. The first-order valence-corrected chi connectivity index (χ1v) is 4.41. The Balaban J connectivity index is 2.27. The van der Waals surface area contributed by atoms with E-state index in [1.54, 1.807) is 12.1 Å². The maximum absolute atomic E-state index is 10.5. The van der Waals surface area contributed by atoms with Crippen LogP contribution in [0.1, 0.15) is 33.8 Å². The highest BCUT2D eigenvalue weighted by molar-refractivity contribution is 5.78. The first-order chi connectivity index (χ1) is 6.81. The lowest BCUT2D eigenvalue weighted by Gasteiger charge is -2.04. The van der Waals surface area contributed by atoms with Crippen molar-refractivity contribution in [1.82, 2.24) is 4.98 Å². The minimum Gasteiger partial charge on any atom is -0.490 e. The summed E-state index contributed by atoms with van der Waals surface area (Å²) in [5, 5.41) is 0. The normalized spacial score (nSPS) is 14.9. The predicted octanol–water partition coefficient (Wildman–Crippen LogP) is 1.25. The van der Waals surface area contributed by atoms with Crippen molar-refractivity contribution in [2.24, 2.45) is 0 Å². The molecule has 2 rings (SSSR count). The van der Waals surface area contributed by atoms with Crippen LogP contribution >= 0.6 is 0 Å². The number of rotatable bonds is 4. The molecular formula is C10H9NO3. The van der Waals surface area contributed by atoms with Crippen LogP contribution < -0.4 is 4.74 Å². The number of nitrogens with zero attached hydrogens (tertiary/aromatic N) is 1. The van der Waals surface area contributed by atoms with Crippen LogP contribution in [0.5, 0.6) is 5.75 Å². The molecule has 0 aliphatic heterocycles. The second-order valence-electron chi connectivity index (χ2n) is 3.21. The molecule has 4 nitrogen and oxygen atoms in total. The van der Waals surface area contributed by atoms with E-state index in [2.05, 4.69) is 4.98 Å². The van der Waals surface area contributed by atoms with Crippen molar-refractivity contribution in [3.05, 3.63) is 23.5 Å². The molecule has 1 heterocycles. The number of pyridine rings is 1. The molecule has 1 aromatic heterocycles. The maximum Gasteiger partial charge on any atom is 0.168 e. The molecule has 0 bridgehead atoms. The second-order valence-corrected chi connectivity index (χ2v) is 3.21. The summed E-state index contributed by atoms with van der Waals surface area (Å²) in [6.45, 7) is 0. The SMILES string of the molecule is O=Cc1cc(OC2CC2)cc(C=O)n1. The van der Waals surface area contributed by atoms with Gasteiger partial charge in [-0.05, 0) is 12.8 Å². The molecule has 1 aromatic rings. The fourth-order valence-corrected chi connectivity index (χ4v) is 1.11. The Morgan fingerprint density at radius 2 is 1.79 bits per heavy atom. The molecule has 1 aliphatic carbocycles. The minimum absolute atomic E-state index is 0.227. The molecule has 72 valence electrons. The van der Waals surface area contributed by atoms with E-state index >= 15 is 0 Å². The Morgan fingerprint density at radius 3 is 2.21 bits per heavy atom. The number of ether oxygens (including phenoxy) is 1. The van der Waals surface area contributed by atoms with Crippen molar-refractivity contribution >= 4 is 12.6 Å². The number of carbonyl (C=O) groups excluding carboxylic acids is 2. The van der Waals surface area contributed by atoms with Gasteiger partial charge in [-0.25, -0.2) is 4.98 Å². The molecule has 0 atom stereocenters. The molecule has 4 heteroatoms. The minimum atomic E-state index is 0.227. The van der Waals surface area contributed by atoms with Crippen molar-refractivity contribution in [2.75, 3.05) is 0 Å². The topological polar surface area (TPSA) is 56.3 Å². The van der Waals surface area contributed by atoms with Gasteiger partial charge in [-0.1, -0.05) is 0 Å². The summed E-state index contributed by atoms with van der Waals surface area (Å²) >= 11 is 0. The van der Waals surface area contributed by atoms with Crippen LogP contribution in [0.15, 0.2) is 12.1 Å². The van der Waals surface area contributed by atoms with Crippen molar-refractivity contribution in [3.63, 3.8) is 0 Å². The van der Waals surface area contributed by atoms with E-state index in [4.69, 9.17) is 4.74 Å². The third kappa shape index (κ3) is 1.96. The lowest BCUT2D eigenvalue weighted by atomic mass is 10.3. The summed E-state index contributed by atoms with van der Waals surface area (Å²) < 4.78 is 5.45. The lowest BCUT2D eigenvalue weighted by molar-refractivity contribution is 0.111. The lowest BCUT2D eigenvalue weighted by Crippen LogP contribution is -2.00. The summed E-state index contributed by atoms with van der Waals surface area (Å²) in [7, 11) is 0. The zero-order chi connectivity index (χ0) is 9.97. The molecule has 0 saturated heterocycles. The summed E-state index contributed by atoms with van der Waals surface area (Å²) in [4.78, 5) is 24.8. The van der Waals surface area contributed by atoms with E-state index < -0.39 is 0 Å². The molecule has 0 unspecified atom stereocenters. The number of hydrogen-bond acceptors (Lipinski definition) is 4. The van der Waals surface area contributed by atoms with Gasteiger partial charge in [-0.15, -0.1) is 0 Å². The quantitative estimate of drug-likeness (QED) is 0.672. The number of hydrogen-bond donors (Lipinski definition) is 0. The van der Waals surface area contributed by atoms with Crippen molar-refractivity contribution in [1.29, 1.82) is 0 Å². The van der Waals surface area contributed by atoms with E-state index in [9.17, 15) is 9.59 Å². The maximum atomic E-state index is 10.5. The van der Waals surface area contributed by atoms with Gasteiger partial charge in [0.1, 0.15) is 17.1 Å². The Hall–Kier alpha value is -1.71. The zero-order valence-electron chi connectivity index (χ0n) is 7.47. The highest BCUT2D eigenvalue weighted by Gasteiger charge is 2.23. The van der Waals surface area contributed by atoms with Gasteiger partial charge < -0.3 is 4.74 Å². The number of aromatic nitrogens is 1. The Kier molecular flexibility index (Phi) is 2.26. The van der Waals surface area contributed by atoms with Crippen LogP contribution in [0, 0.1) is 0 Å². The standard InChI is InChI=1S/C10H9NO3/c12-5-7-3-10(14-9-1-2-9)4-8(6-13)11-7/h3-6,9H,1-2H2. The van der Waals surface area contributed by atoms with E-state index in [1.165, 1.54) is 0 Å². The largest absolute Gasteiger partial charge is 0.490 e. The fraction of sp³-hybridized carbons (Fsp3) is 0.300. The van der Waals surface area contributed by atoms with Gasteiger partial charge in [0.25, 0.3) is 0 Å². The van der Waals surface area contributed by atoms with E-state index in [0.717, 1.165) is 12.8 Å². The molecule has 0 amide bonds. The first-order valence-electron chi connectivity index (χ1n) is 4.41. The van der Waals surface area contributed by atoms with Gasteiger partial charge in [0.15, 0.2) is 12.6 Å². The molecule has 14 heavy (non-hydrogen) atoms. The molecule has 0 radical (unpaired) electrons. The zero-order valence-corrected chi connectivity index (χ0v) is 7.47. The van der Waals surface area contributed by atoms with Crippen molar-refractivity contribution < 1.29 is 14.3 Å². The van der Waals surface area contributed by atoms with Gasteiger partial charge in [0.05, 0.1) is 6.10 Å². The average Bonchev–Trinajstić information content (AvgIpc) is 3.01. The van der Waals surface area contributed by atoms with E-state index in [-0.39, 0.29) is 17.5 Å². The summed E-state index contributed by atoms with van der Waals surface area (Å²) in [5.74, 6) is 0.548. The first kappa shape index (κ1) is 8.87. The van der Waals surface area contributed by atoms with Gasteiger partial charge in [0.2, 0.25) is 0 Å². The molecular weight excluding hydrogens is 182 g/mol. The van der Waals surface area contributed by atoms with Gasteiger partial charge in [0, 0.05) is 12.1 Å². The highest BCUT2D eigenvalue weighted by atomic mass is 16.5. The second kappa shape index (κ2) is 3.57. The average molecular weight is 191 g/mol. The summed E-state index contributed by atoms with van der Waals surface area (Å²) in [6, 6.07) is 3.08. The van der Waals surface area contributed by atoms with Crippen molar-refractivity contribution in [2.45, 2.75) is 18.9 Å².